The molecular formula is C14H21N5O3. The zero-order valence-electron chi connectivity index (χ0n) is 12.6. The molecule has 1 aromatic heterocycles. The van der Waals surface area contributed by atoms with Crippen molar-refractivity contribution in [2.45, 2.75) is 12.5 Å². The number of hydrogen-bond acceptors (Lipinski definition) is 4. The van der Waals surface area contributed by atoms with Crippen LogP contribution in [0.4, 0.5) is 4.79 Å². The number of carbonyl (C=O) groups excluding carboxylic acids is 2. The minimum absolute atomic E-state index is 0.0761. The predicted octanol–water partition coefficient (Wildman–Crippen LogP) is -0.434. The summed E-state index contributed by atoms with van der Waals surface area (Å²) >= 11 is 0. The molecule has 3 atom stereocenters. The van der Waals surface area contributed by atoms with E-state index in [1.165, 1.54) is 6.20 Å². The van der Waals surface area contributed by atoms with Crippen molar-refractivity contribution in [3.8, 4) is 0 Å². The highest BCUT2D eigenvalue weighted by Crippen LogP contribution is 2.33. The van der Waals surface area contributed by atoms with Crippen LogP contribution in [0.1, 0.15) is 16.8 Å². The zero-order valence-corrected chi connectivity index (χ0v) is 12.6. The number of nitrogens with two attached hydrogens (primary N) is 1. The minimum Gasteiger partial charge on any atom is -0.376 e. The average Bonchev–Trinajstić information content (AvgIpc) is 3.10. The second kappa shape index (κ2) is 5.96. The molecule has 0 saturated carbocycles. The summed E-state index contributed by atoms with van der Waals surface area (Å²) in [6, 6.07) is -0.386. The largest absolute Gasteiger partial charge is 0.376 e. The third kappa shape index (κ3) is 2.92. The van der Waals surface area contributed by atoms with Crippen LogP contribution in [0.2, 0.25) is 0 Å². The number of piperidine rings is 1. The number of likely N-dealkylation sites (tertiary alicyclic amines) is 1. The number of hydrogen-bond donors (Lipinski definition) is 2. The Morgan fingerprint density at radius 1 is 1.55 bits per heavy atom. The molecule has 0 spiro atoms. The number of urea groups is 1. The predicted molar refractivity (Wildman–Crippen MR) is 78.0 cm³/mol. The first-order chi connectivity index (χ1) is 10.5. The number of fused-ring (bicyclic) bond motifs is 1. The Kier molecular flexibility index (Phi) is 4.02. The molecule has 120 valence electrons. The van der Waals surface area contributed by atoms with E-state index in [0.717, 1.165) is 6.42 Å². The van der Waals surface area contributed by atoms with Gasteiger partial charge in [-0.25, -0.2) is 4.79 Å². The molecule has 2 fully saturated rings. The number of aryl methyl sites for hydroxylation is 1. The van der Waals surface area contributed by atoms with Crippen molar-refractivity contribution >= 4 is 11.9 Å². The van der Waals surface area contributed by atoms with Crippen molar-refractivity contribution in [3.05, 3.63) is 18.0 Å². The maximum absolute atomic E-state index is 12.0. The summed E-state index contributed by atoms with van der Waals surface area (Å²) in [5.41, 5.74) is 5.89. The third-order valence-electron chi connectivity index (χ3n) is 4.55. The molecule has 3 amide bonds. The number of ether oxygens (including phenoxy) is 1. The van der Waals surface area contributed by atoms with Gasteiger partial charge >= 0.3 is 6.03 Å². The molecule has 0 unspecified atom stereocenters. The fourth-order valence-corrected chi connectivity index (χ4v) is 3.27. The molecule has 3 N–H and O–H groups in total. The lowest BCUT2D eigenvalue weighted by atomic mass is 9.84. The molecule has 3 heterocycles. The molecule has 0 bridgehead atoms. The Morgan fingerprint density at radius 2 is 2.36 bits per heavy atom. The monoisotopic (exact) mass is 307 g/mol. The Hall–Kier alpha value is -2.09. The maximum Gasteiger partial charge on any atom is 0.314 e. The van der Waals surface area contributed by atoms with E-state index in [4.69, 9.17) is 10.5 Å². The smallest absolute Gasteiger partial charge is 0.314 e. The highest BCUT2D eigenvalue weighted by Gasteiger charge is 2.41. The van der Waals surface area contributed by atoms with Crippen LogP contribution in [0.15, 0.2) is 12.4 Å². The van der Waals surface area contributed by atoms with Crippen LogP contribution >= 0.6 is 0 Å². The molecule has 0 aromatic carbocycles. The van der Waals surface area contributed by atoms with Crippen molar-refractivity contribution in [2.75, 3.05) is 26.2 Å². The fraction of sp³-hybridized carbons (Fsp3) is 0.643. The molecule has 2 aliphatic rings. The maximum atomic E-state index is 12.0. The summed E-state index contributed by atoms with van der Waals surface area (Å²) in [7, 11) is 1.77. The molecule has 8 heteroatoms. The fourth-order valence-electron chi connectivity index (χ4n) is 3.27. The Morgan fingerprint density at radius 3 is 3.05 bits per heavy atom. The highest BCUT2D eigenvalue weighted by molar-refractivity contribution is 5.93. The topological polar surface area (TPSA) is 102 Å². The van der Waals surface area contributed by atoms with E-state index in [-0.39, 0.29) is 24.0 Å². The molecule has 0 radical (unpaired) electrons. The SMILES string of the molecule is Cn1cc(C(=O)NC[C@H]2OC[C@@H]3CCN(C(N)=O)C[C@@H]32)cn1. The number of amides is 3. The van der Waals surface area contributed by atoms with Gasteiger partial charge in [0.25, 0.3) is 5.91 Å². The molecular weight excluding hydrogens is 286 g/mol. The van der Waals surface area contributed by atoms with Gasteiger partial charge in [0, 0.05) is 38.8 Å². The standard InChI is InChI=1S/C14H21N5O3/c1-18-6-10(4-17-18)13(20)16-5-12-11-7-19(14(15)21)3-2-9(11)8-22-12/h4,6,9,11-12H,2-3,5,7-8H2,1H3,(H2,15,21)(H,16,20)/t9-,11-,12+/m0/s1. The number of rotatable bonds is 3. The van der Waals surface area contributed by atoms with Crippen LogP contribution in [0.3, 0.4) is 0 Å². The quantitative estimate of drug-likeness (QED) is 0.790. The molecule has 3 rings (SSSR count). The number of aromatic nitrogens is 2. The molecule has 22 heavy (non-hydrogen) atoms. The van der Waals surface area contributed by atoms with E-state index in [9.17, 15) is 9.59 Å². The minimum atomic E-state index is -0.386. The first-order valence-electron chi connectivity index (χ1n) is 7.47. The molecule has 2 aliphatic heterocycles. The molecule has 8 nitrogen and oxygen atoms in total. The van der Waals surface area contributed by atoms with E-state index in [1.54, 1.807) is 22.8 Å². The first-order valence-corrected chi connectivity index (χ1v) is 7.47. The van der Waals surface area contributed by atoms with Gasteiger partial charge in [-0.2, -0.15) is 5.10 Å². The van der Waals surface area contributed by atoms with Crippen molar-refractivity contribution < 1.29 is 14.3 Å². The molecule has 2 saturated heterocycles. The van der Waals surface area contributed by atoms with E-state index < -0.39 is 0 Å². The summed E-state index contributed by atoms with van der Waals surface area (Å²) in [5.74, 6) is 0.508. The average molecular weight is 307 g/mol. The Labute approximate surface area is 128 Å². The van der Waals surface area contributed by atoms with E-state index in [0.29, 0.717) is 37.7 Å². The molecule has 0 aliphatic carbocycles. The summed E-state index contributed by atoms with van der Waals surface area (Å²) in [6.45, 7) is 2.41. The van der Waals surface area contributed by atoms with Gasteiger partial charge in [0.15, 0.2) is 0 Å². The van der Waals surface area contributed by atoms with Gasteiger partial charge in [0.2, 0.25) is 0 Å². The van der Waals surface area contributed by atoms with Crippen molar-refractivity contribution in [1.29, 1.82) is 0 Å². The van der Waals surface area contributed by atoms with Crippen molar-refractivity contribution in [3.63, 3.8) is 0 Å². The summed E-state index contributed by atoms with van der Waals surface area (Å²) in [4.78, 5) is 25.0. The van der Waals surface area contributed by atoms with Gasteiger partial charge in [0.05, 0.1) is 24.5 Å². The lowest BCUT2D eigenvalue weighted by Gasteiger charge is -2.35. The molecule has 1 aromatic rings. The van der Waals surface area contributed by atoms with Gasteiger partial charge < -0.3 is 20.7 Å². The Balaban J connectivity index is 1.56. The van der Waals surface area contributed by atoms with Gasteiger partial charge in [0.1, 0.15) is 0 Å². The van der Waals surface area contributed by atoms with Gasteiger partial charge in [-0.3, -0.25) is 9.48 Å². The Bertz CT molecular complexity index is 573. The van der Waals surface area contributed by atoms with Gasteiger partial charge in [-0.05, 0) is 12.3 Å². The van der Waals surface area contributed by atoms with Crippen LogP contribution in [0.5, 0.6) is 0 Å². The van der Waals surface area contributed by atoms with Crippen LogP contribution in [-0.4, -0.2) is 59.0 Å². The van der Waals surface area contributed by atoms with Gasteiger partial charge in [-0.1, -0.05) is 0 Å². The summed E-state index contributed by atoms with van der Waals surface area (Å²) in [6.07, 6.45) is 4.03. The van der Waals surface area contributed by atoms with Crippen molar-refractivity contribution in [1.82, 2.24) is 20.0 Å². The normalized spacial score (nSPS) is 27.5. The lowest BCUT2D eigenvalue weighted by molar-refractivity contribution is 0.0726. The van der Waals surface area contributed by atoms with E-state index >= 15 is 0 Å². The van der Waals surface area contributed by atoms with Crippen LogP contribution < -0.4 is 11.1 Å². The second-order valence-electron chi connectivity index (χ2n) is 5.98. The van der Waals surface area contributed by atoms with Crippen molar-refractivity contribution in [2.24, 2.45) is 24.6 Å². The van der Waals surface area contributed by atoms with E-state index in [1.807, 2.05) is 0 Å². The summed E-state index contributed by atoms with van der Waals surface area (Å²) in [5, 5.41) is 6.86. The summed E-state index contributed by atoms with van der Waals surface area (Å²) < 4.78 is 7.39. The third-order valence-corrected chi connectivity index (χ3v) is 4.55. The number of nitrogens with zero attached hydrogens (tertiary/aromatic N) is 3. The van der Waals surface area contributed by atoms with Crippen LogP contribution in [-0.2, 0) is 11.8 Å². The lowest BCUT2D eigenvalue weighted by Crippen LogP contribution is -2.49. The number of nitrogens with one attached hydrogen (secondary N) is 1. The van der Waals surface area contributed by atoms with Crippen LogP contribution in [0, 0.1) is 11.8 Å². The number of carbonyl (C=O) groups is 2. The number of primary amides is 1. The second-order valence-corrected chi connectivity index (χ2v) is 5.98. The first kappa shape index (κ1) is 14.8. The zero-order chi connectivity index (χ0) is 15.7. The van der Waals surface area contributed by atoms with Gasteiger partial charge in [-0.15, -0.1) is 0 Å². The highest BCUT2D eigenvalue weighted by atomic mass is 16.5. The van der Waals surface area contributed by atoms with Crippen LogP contribution in [0.25, 0.3) is 0 Å². The van der Waals surface area contributed by atoms with E-state index in [2.05, 4.69) is 10.4 Å².